The maximum Gasteiger partial charge on any atom is 0.471 e. The predicted molar refractivity (Wildman–Crippen MR) is 61.4 cm³/mol. The van der Waals surface area contributed by atoms with E-state index in [1.165, 1.54) is 0 Å². The molecule has 1 aromatic carbocycles. The molecule has 0 fully saturated rings. The van der Waals surface area contributed by atoms with Gasteiger partial charge in [-0.05, 0) is 30.2 Å². The first kappa shape index (κ1) is 14.0. The molecule has 0 heterocycles. The molecule has 0 saturated heterocycles. The monoisotopic (exact) mass is 309 g/mol. The standard InChI is InChI=1S/C11H11BrF3NO/c1-7-3-4-9(12)5-8(7)6-16(2)10(17)11(13,14)15/h3-5H,6H2,1-2H3. The van der Waals surface area contributed by atoms with Crippen molar-refractivity contribution in [3.63, 3.8) is 0 Å². The minimum absolute atomic E-state index is 0.0659. The summed E-state index contributed by atoms with van der Waals surface area (Å²) in [6.45, 7) is 1.72. The van der Waals surface area contributed by atoms with Crippen LogP contribution in [0.5, 0.6) is 0 Å². The summed E-state index contributed by atoms with van der Waals surface area (Å²) in [4.78, 5) is 11.6. The lowest BCUT2D eigenvalue weighted by atomic mass is 10.1. The molecule has 0 aliphatic rings. The molecule has 6 heteroatoms. The highest BCUT2D eigenvalue weighted by Gasteiger charge is 2.41. The van der Waals surface area contributed by atoms with Crippen LogP contribution in [-0.4, -0.2) is 24.0 Å². The molecule has 2 nitrogen and oxygen atoms in total. The molecule has 0 unspecified atom stereocenters. The molecule has 94 valence electrons. The zero-order valence-electron chi connectivity index (χ0n) is 9.31. The summed E-state index contributed by atoms with van der Waals surface area (Å²) in [5.74, 6) is -1.84. The lowest BCUT2D eigenvalue weighted by molar-refractivity contribution is -0.184. The maximum absolute atomic E-state index is 12.2. The van der Waals surface area contributed by atoms with Crippen molar-refractivity contribution in [2.45, 2.75) is 19.6 Å². The molecule has 0 atom stereocenters. The summed E-state index contributed by atoms with van der Waals surface area (Å²) >= 11 is 3.24. The van der Waals surface area contributed by atoms with Crippen molar-refractivity contribution < 1.29 is 18.0 Å². The van der Waals surface area contributed by atoms with Gasteiger partial charge in [-0.15, -0.1) is 0 Å². The molecule has 0 bridgehead atoms. The topological polar surface area (TPSA) is 20.3 Å². The smallest absolute Gasteiger partial charge is 0.334 e. The Hall–Kier alpha value is -1.04. The number of nitrogens with zero attached hydrogens (tertiary/aromatic N) is 1. The van der Waals surface area contributed by atoms with E-state index < -0.39 is 12.1 Å². The second kappa shape index (κ2) is 5.08. The van der Waals surface area contributed by atoms with Gasteiger partial charge in [-0.3, -0.25) is 4.79 Å². The fourth-order valence-electron chi connectivity index (χ4n) is 1.35. The minimum atomic E-state index is -4.82. The number of aryl methyl sites for hydroxylation is 1. The third-order valence-corrected chi connectivity index (χ3v) is 2.80. The number of benzene rings is 1. The van der Waals surface area contributed by atoms with Gasteiger partial charge in [0.2, 0.25) is 0 Å². The fraction of sp³-hybridized carbons (Fsp3) is 0.364. The van der Waals surface area contributed by atoms with Crippen LogP contribution in [0, 0.1) is 6.92 Å². The second-order valence-corrected chi connectivity index (χ2v) is 4.65. The van der Waals surface area contributed by atoms with Crippen molar-refractivity contribution in [3.05, 3.63) is 33.8 Å². The quantitative estimate of drug-likeness (QED) is 0.821. The van der Waals surface area contributed by atoms with E-state index in [2.05, 4.69) is 15.9 Å². The number of halogens is 4. The molecule has 1 aromatic rings. The van der Waals surface area contributed by atoms with Crippen molar-refractivity contribution in [1.82, 2.24) is 4.90 Å². The highest BCUT2D eigenvalue weighted by molar-refractivity contribution is 9.10. The van der Waals surface area contributed by atoms with E-state index in [1.807, 2.05) is 0 Å². The average Bonchev–Trinajstić information content (AvgIpc) is 2.21. The summed E-state index contributed by atoms with van der Waals surface area (Å²) in [6, 6.07) is 5.28. The SMILES string of the molecule is Cc1ccc(Br)cc1CN(C)C(=O)C(F)(F)F. The first-order chi connectivity index (χ1) is 7.71. The highest BCUT2D eigenvalue weighted by Crippen LogP contribution is 2.21. The zero-order valence-corrected chi connectivity index (χ0v) is 10.9. The van der Waals surface area contributed by atoms with E-state index in [4.69, 9.17) is 0 Å². The van der Waals surface area contributed by atoms with Crippen molar-refractivity contribution in [1.29, 1.82) is 0 Å². The Balaban J connectivity index is 2.85. The number of hydrogen-bond donors (Lipinski definition) is 0. The summed E-state index contributed by atoms with van der Waals surface area (Å²) < 4.78 is 37.3. The molecule has 0 spiro atoms. The van der Waals surface area contributed by atoms with E-state index in [9.17, 15) is 18.0 Å². The molecule has 0 radical (unpaired) electrons. The minimum Gasteiger partial charge on any atom is -0.334 e. The summed E-state index contributed by atoms with van der Waals surface area (Å²) in [6.07, 6.45) is -4.82. The molecule has 1 amide bonds. The van der Waals surface area contributed by atoms with Gasteiger partial charge in [0.1, 0.15) is 0 Å². The molecule has 0 aliphatic heterocycles. The number of carbonyl (C=O) groups excluding carboxylic acids is 1. The molecule has 0 aromatic heterocycles. The van der Waals surface area contributed by atoms with Crippen LogP contribution in [0.25, 0.3) is 0 Å². The number of alkyl halides is 3. The number of rotatable bonds is 2. The lowest BCUT2D eigenvalue weighted by Gasteiger charge is -2.19. The van der Waals surface area contributed by atoms with Gasteiger partial charge >= 0.3 is 12.1 Å². The third-order valence-electron chi connectivity index (χ3n) is 2.31. The maximum atomic E-state index is 12.2. The molecule has 0 N–H and O–H groups in total. The van der Waals surface area contributed by atoms with Gasteiger partial charge in [-0.2, -0.15) is 13.2 Å². The Morgan fingerprint density at radius 1 is 1.41 bits per heavy atom. The molecular weight excluding hydrogens is 299 g/mol. The van der Waals surface area contributed by atoms with Crippen LogP contribution in [0.4, 0.5) is 13.2 Å². The van der Waals surface area contributed by atoms with E-state index in [0.29, 0.717) is 10.5 Å². The number of amides is 1. The Bertz CT molecular complexity index is 431. The van der Waals surface area contributed by atoms with Crippen LogP contribution in [0.1, 0.15) is 11.1 Å². The third kappa shape index (κ3) is 3.73. The van der Waals surface area contributed by atoms with Crippen molar-refractivity contribution in [3.8, 4) is 0 Å². The first-order valence-corrected chi connectivity index (χ1v) is 5.58. The fourth-order valence-corrected chi connectivity index (χ4v) is 1.76. The van der Waals surface area contributed by atoms with Crippen LogP contribution in [-0.2, 0) is 11.3 Å². The summed E-state index contributed by atoms with van der Waals surface area (Å²) in [7, 11) is 1.14. The number of hydrogen-bond acceptors (Lipinski definition) is 1. The Labute approximate surface area is 106 Å². The van der Waals surface area contributed by atoms with Gasteiger partial charge in [0.25, 0.3) is 0 Å². The largest absolute Gasteiger partial charge is 0.471 e. The van der Waals surface area contributed by atoms with Crippen LogP contribution in [0.2, 0.25) is 0 Å². The molecule has 1 rings (SSSR count). The normalized spacial score (nSPS) is 11.4. The van der Waals surface area contributed by atoms with Gasteiger partial charge in [0.15, 0.2) is 0 Å². The van der Waals surface area contributed by atoms with Gasteiger partial charge < -0.3 is 4.90 Å². The molecular formula is C11H11BrF3NO. The van der Waals surface area contributed by atoms with Crippen LogP contribution in [0.3, 0.4) is 0 Å². The Morgan fingerprint density at radius 2 is 2.00 bits per heavy atom. The predicted octanol–water partition coefficient (Wildman–Crippen LogP) is 3.28. The first-order valence-electron chi connectivity index (χ1n) is 4.79. The second-order valence-electron chi connectivity index (χ2n) is 3.73. The summed E-state index contributed by atoms with van der Waals surface area (Å²) in [5, 5.41) is 0. The van der Waals surface area contributed by atoms with E-state index in [-0.39, 0.29) is 6.54 Å². The Morgan fingerprint density at radius 3 is 2.53 bits per heavy atom. The van der Waals surface area contributed by atoms with Crippen molar-refractivity contribution >= 4 is 21.8 Å². The van der Waals surface area contributed by atoms with Gasteiger partial charge in [0, 0.05) is 18.1 Å². The van der Waals surface area contributed by atoms with Crippen molar-refractivity contribution in [2.24, 2.45) is 0 Å². The molecule has 0 aliphatic carbocycles. The van der Waals surface area contributed by atoms with Crippen LogP contribution in [0.15, 0.2) is 22.7 Å². The van der Waals surface area contributed by atoms with Crippen LogP contribution >= 0.6 is 15.9 Å². The van der Waals surface area contributed by atoms with Gasteiger partial charge in [-0.25, -0.2) is 0 Å². The summed E-state index contributed by atoms with van der Waals surface area (Å²) in [5.41, 5.74) is 1.52. The zero-order chi connectivity index (χ0) is 13.2. The average molecular weight is 310 g/mol. The number of carbonyl (C=O) groups is 1. The highest BCUT2D eigenvalue weighted by atomic mass is 79.9. The van der Waals surface area contributed by atoms with Gasteiger partial charge in [0.05, 0.1) is 0 Å². The molecule has 0 saturated carbocycles. The lowest BCUT2D eigenvalue weighted by Crippen LogP contribution is -2.38. The van der Waals surface area contributed by atoms with E-state index in [0.717, 1.165) is 17.1 Å². The van der Waals surface area contributed by atoms with E-state index >= 15 is 0 Å². The van der Waals surface area contributed by atoms with E-state index in [1.54, 1.807) is 25.1 Å². The Kier molecular flexibility index (Phi) is 4.19. The van der Waals surface area contributed by atoms with Crippen LogP contribution < -0.4 is 0 Å². The van der Waals surface area contributed by atoms with Crippen molar-refractivity contribution in [2.75, 3.05) is 7.05 Å². The molecule has 17 heavy (non-hydrogen) atoms. The van der Waals surface area contributed by atoms with Gasteiger partial charge in [-0.1, -0.05) is 22.0 Å².